The second kappa shape index (κ2) is 5.94. The van der Waals surface area contributed by atoms with Crippen LogP contribution in [-0.2, 0) is 19.6 Å². The Morgan fingerprint density at radius 2 is 1.62 bits per heavy atom. The summed E-state index contributed by atoms with van der Waals surface area (Å²) in [7, 11) is 0. The molecular formula is C15H20F3N3. The molecule has 1 aromatic carbocycles. The molecule has 0 aromatic heterocycles. The molecule has 1 fully saturated rings. The van der Waals surface area contributed by atoms with E-state index in [0.29, 0.717) is 26.2 Å². The standard InChI is InChI=1S/C15H20F3N3/c16-15(17,18)11-21-5-3-20(4-6-21)10-12-1-2-13-8-19-9-14(13)7-12/h1-2,7,19H,3-6,8-11H2. The number of piperazine rings is 1. The molecule has 116 valence electrons. The third-order valence-corrected chi connectivity index (χ3v) is 4.18. The Labute approximate surface area is 122 Å². The van der Waals surface area contributed by atoms with Gasteiger partial charge in [0.1, 0.15) is 0 Å². The van der Waals surface area contributed by atoms with Crippen molar-refractivity contribution in [1.82, 2.24) is 15.1 Å². The molecule has 2 aliphatic rings. The minimum Gasteiger partial charge on any atom is -0.309 e. The Bertz CT molecular complexity index is 493. The normalized spacial score (nSPS) is 20.7. The molecule has 1 aromatic rings. The summed E-state index contributed by atoms with van der Waals surface area (Å²) in [5.74, 6) is 0. The summed E-state index contributed by atoms with van der Waals surface area (Å²) in [6.45, 7) is 4.28. The lowest BCUT2D eigenvalue weighted by molar-refractivity contribution is -0.149. The second-order valence-electron chi connectivity index (χ2n) is 5.87. The maximum atomic E-state index is 12.4. The van der Waals surface area contributed by atoms with Gasteiger partial charge in [-0.2, -0.15) is 13.2 Å². The number of nitrogens with zero attached hydrogens (tertiary/aromatic N) is 2. The molecule has 1 saturated heterocycles. The van der Waals surface area contributed by atoms with Crippen molar-refractivity contribution < 1.29 is 13.2 Å². The summed E-state index contributed by atoms with van der Waals surface area (Å²) in [5.41, 5.74) is 3.96. The Morgan fingerprint density at radius 3 is 2.33 bits per heavy atom. The number of nitrogens with one attached hydrogen (secondary N) is 1. The van der Waals surface area contributed by atoms with Gasteiger partial charge in [0, 0.05) is 45.8 Å². The van der Waals surface area contributed by atoms with E-state index in [-0.39, 0.29) is 0 Å². The van der Waals surface area contributed by atoms with Gasteiger partial charge in [0.25, 0.3) is 0 Å². The van der Waals surface area contributed by atoms with Gasteiger partial charge in [-0.1, -0.05) is 18.2 Å². The van der Waals surface area contributed by atoms with Gasteiger partial charge in [-0.05, 0) is 16.7 Å². The number of halogens is 3. The van der Waals surface area contributed by atoms with Gasteiger partial charge in [-0.15, -0.1) is 0 Å². The van der Waals surface area contributed by atoms with E-state index >= 15 is 0 Å². The van der Waals surface area contributed by atoms with Crippen LogP contribution in [0.1, 0.15) is 16.7 Å². The van der Waals surface area contributed by atoms with Crippen molar-refractivity contribution in [2.75, 3.05) is 32.7 Å². The first-order valence-electron chi connectivity index (χ1n) is 7.32. The van der Waals surface area contributed by atoms with Crippen LogP contribution < -0.4 is 5.32 Å². The molecule has 0 unspecified atom stereocenters. The van der Waals surface area contributed by atoms with E-state index < -0.39 is 12.7 Å². The molecular weight excluding hydrogens is 279 g/mol. The zero-order valence-corrected chi connectivity index (χ0v) is 11.9. The van der Waals surface area contributed by atoms with Crippen LogP contribution in [-0.4, -0.2) is 48.7 Å². The maximum absolute atomic E-state index is 12.4. The van der Waals surface area contributed by atoms with E-state index in [1.807, 2.05) is 0 Å². The summed E-state index contributed by atoms with van der Waals surface area (Å²) < 4.78 is 37.1. The van der Waals surface area contributed by atoms with E-state index in [4.69, 9.17) is 0 Å². The van der Waals surface area contributed by atoms with E-state index in [1.54, 1.807) is 0 Å². The molecule has 0 bridgehead atoms. The first kappa shape index (κ1) is 14.8. The van der Waals surface area contributed by atoms with Crippen molar-refractivity contribution in [1.29, 1.82) is 0 Å². The predicted octanol–water partition coefficient (Wildman–Crippen LogP) is 1.97. The number of rotatable bonds is 3. The lowest BCUT2D eigenvalue weighted by atomic mass is 10.1. The molecule has 3 rings (SSSR count). The Balaban J connectivity index is 1.51. The molecule has 21 heavy (non-hydrogen) atoms. The molecule has 3 nitrogen and oxygen atoms in total. The summed E-state index contributed by atoms with van der Waals surface area (Å²) in [6.07, 6.45) is -4.09. The summed E-state index contributed by atoms with van der Waals surface area (Å²) in [5, 5.41) is 3.32. The number of hydrogen-bond acceptors (Lipinski definition) is 3. The Morgan fingerprint density at radius 1 is 0.952 bits per heavy atom. The highest BCUT2D eigenvalue weighted by atomic mass is 19.4. The quantitative estimate of drug-likeness (QED) is 0.920. The monoisotopic (exact) mass is 299 g/mol. The highest BCUT2D eigenvalue weighted by Crippen LogP contribution is 2.20. The van der Waals surface area contributed by atoms with Crippen LogP contribution in [0.2, 0.25) is 0 Å². The lowest BCUT2D eigenvalue weighted by Gasteiger charge is -2.35. The topological polar surface area (TPSA) is 18.5 Å². The minimum absolute atomic E-state index is 0.492. The molecule has 0 aliphatic carbocycles. The van der Waals surface area contributed by atoms with Crippen LogP contribution in [0.3, 0.4) is 0 Å². The SMILES string of the molecule is FC(F)(F)CN1CCN(Cc2ccc3c(c2)CNC3)CC1. The number of hydrogen-bond donors (Lipinski definition) is 1. The van der Waals surface area contributed by atoms with E-state index in [1.165, 1.54) is 21.6 Å². The summed E-state index contributed by atoms with van der Waals surface area (Å²) >= 11 is 0. The highest BCUT2D eigenvalue weighted by molar-refractivity contribution is 5.34. The third kappa shape index (κ3) is 3.96. The van der Waals surface area contributed by atoms with Gasteiger partial charge in [0.05, 0.1) is 6.54 Å². The zero-order chi connectivity index (χ0) is 14.9. The first-order valence-corrected chi connectivity index (χ1v) is 7.32. The van der Waals surface area contributed by atoms with Crippen LogP contribution >= 0.6 is 0 Å². The average molecular weight is 299 g/mol. The molecule has 0 amide bonds. The van der Waals surface area contributed by atoms with Gasteiger partial charge in [-0.3, -0.25) is 9.80 Å². The first-order chi connectivity index (χ1) is 9.99. The Hall–Kier alpha value is -1.11. The average Bonchev–Trinajstić information content (AvgIpc) is 2.87. The van der Waals surface area contributed by atoms with E-state index in [9.17, 15) is 13.2 Å². The minimum atomic E-state index is -4.09. The third-order valence-electron chi connectivity index (χ3n) is 4.18. The van der Waals surface area contributed by atoms with Gasteiger partial charge >= 0.3 is 6.18 Å². The Kier molecular flexibility index (Phi) is 4.19. The zero-order valence-electron chi connectivity index (χ0n) is 11.9. The van der Waals surface area contributed by atoms with Crippen LogP contribution in [0, 0.1) is 0 Å². The predicted molar refractivity (Wildman–Crippen MR) is 74.8 cm³/mol. The van der Waals surface area contributed by atoms with Crippen LogP contribution in [0.25, 0.3) is 0 Å². The number of benzene rings is 1. The number of fused-ring (bicyclic) bond motifs is 1. The fourth-order valence-electron chi connectivity index (χ4n) is 3.06. The van der Waals surface area contributed by atoms with Crippen LogP contribution in [0.4, 0.5) is 13.2 Å². The van der Waals surface area contributed by atoms with Gasteiger partial charge in [-0.25, -0.2) is 0 Å². The summed E-state index contributed by atoms with van der Waals surface area (Å²) in [6, 6.07) is 6.51. The van der Waals surface area contributed by atoms with E-state index in [2.05, 4.69) is 28.4 Å². The van der Waals surface area contributed by atoms with Gasteiger partial charge < -0.3 is 5.32 Å². The molecule has 0 spiro atoms. The van der Waals surface area contributed by atoms with Crippen molar-refractivity contribution in [3.05, 3.63) is 34.9 Å². The van der Waals surface area contributed by atoms with Crippen molar-refractivity contribution >= 4 is 0 Å². The fraction of sp³-hybridized carbons (Fsp3) is 0.600. The highest BCUT2D eigenvalue weighted by Gasteiger charge is 2.32. The number of alkyl halides is 3. The molecule has 1 N–H and O–H groups in total. The van der Waals surface area contributed by atoms with Crippen molar-refractivity contribution in [2.45, 2.75) is 25.8 Å². The molecule has 0 radical (unpaired) electrons. The molecule has 2 heterocycles. The van der Waals surface area contributed by atoms with Gasteiger partial charge in [0.15, 0.2) is 0 Å². The fourth-order valence-corrected chi connectivity index (χ4v) is 3.06. The lowest BCUT2D eigenvalue weighted by Crippen LogP contribution is -2.48. The van der Waals surface area contributed by atoms with Gasteiger partial charge in [0.2, 0.25) is 0 Å². The smallest absolute Gasteiger partial charge is 0.309 e. The van der Waals surface area contributed by atoms with Crippen molar-refractivity contribution in [3.8, 4) is 0 Å². The molecule has 0 saturated carbocycles. The largest absolute Gasteiger partial charge is 0.401 e. The maximum Gasteiger partial charge on any atom is 0.401 e. The molecule has 2 aliphatic heterocycles. The summed E-state index contributed by atoms with van der Waals surface area (Å²) in [4.78, 5) is 3.72. The van der Waals surface area contributed by atoms with Crippen molar-refractivity contribution in [3.63, 3.8) is 0 Å². The second-order valence-corrected chi connectivity index (χ2v) is 5.87. The van der Waals surface area contributed by atoms with E-state index in [0.717, 1.165) is 19.6 Å². The van der Waals surface area contributed by atoms with Crippen LogP contribution in [0.15, 0.2) is 18.2 Å². The van der Waals surface area contributed by atoms with Crippen molar-refractivity contribution in [2.24, 2.45) is 0 Å². The molecule has 6 heteroatoms. The van der Waals surface area contributed by atoms with Crippen LogP contribution in [0.5, 0.6) is 0 Å². The molecule has 0 atom stereocenters.